The molecule has 2 aromatic heterocycles. The van der Waals surface area contributed by atoms with E-state index in [0.717, 1.165) is 44.2 Å². The SMILES string of the molecule is Nc1nc(N)c2c(OCCN3CCN(S(=O)(=O)c4ccccc4F)CC3)cccc2n1.Nc1nc(N)c2c(OCCN3CCNCC3)cccc2n1.O=C(O)C(F)(F)F. The molecule has 0 spiro atoms. The molecule has 0 unspecified atom stereocenters. The maximum Gasteiger partial charge on any atom is 0.490 e. The molecule has 5 aromatic rings. The van der Waals surface area contributed by atoms with Gasteiger partial charge in [-0.25, -0.2) is 27.6 Å². The summed E-state index contributed by atoms with van der Waals surface area (Å²) in [6.45, 7) is 8.28. The molecule has 2 aliphatic heterocycles. The first-order valence-corrected chi connectivity index (χ1v) is 19.6. The number of rotatable bonds is 10. The number of carbonyl (C=O) groups is 1. The van der Waals surface area contributed by atoms with Crippen LogP contribution in [0.3, 0.4) is 0 Å². The third kappa shape index (κ3) is 11.8. The lowest BCUT2D eigenvalue weighted by Gasteiger charge is -2.33. The van der Waals surface area contributed by atoms with Crippen molar-refractivity contribution < 1.29 is 45.4 Å². The highest BCUT2D eigenvalue weighted by atomic mass is 32.2. The van der Waals surface area contributed by atoms with Crippen LogP contribution in [0, 0.1) is 5.82 Å². The van der Waals surface area contributed by atoms with Gasteiger partial charge in [0.05, 0.1) is 21.8 Å². The molecular weight excluding hydrogens is 805 g/mol. The number of carboxylic acids is 1. The number of benzene rings is 3. The van der Waals surface area contributed by atoms with Crippen LogP contribution in [0.2, 0.25) is 0 Å². The van der Waals surface area contributed by atoms with Crippen LogP contribution in [0.4, 0.5) is 41.1 Å². The van der Waals surface area contributed by atoms with Crippen LogP contribution < -0.4 is 37.7 Å². The van der Waals surface area contributed by atoms with Crippen LogP contribution in [0.25, 0.3) is 21.8 Å². The smallest absolute Gasteiger partial charge is 0.490 e. The Labute approximate surface area is 336 Å². The van der Waals surface area contributed by atoms with Crippen LogP contribution >= 0.6 is 0 Å². The summed E-state index contributed by atoms with van der Waals surface area (Å²) in [6, 6.07) is 16.4. The summed E-state index contributed by atoms with van der Waals surface area (Å²) < 4.78 is 84.2. The molecule has 23 heteroatoms. The molecule has 0 bridgehead atoms. The summed E-state index contributed by atoms with van der Waals surface area (Å²) in [5, 5.41) is 11.8. The Morgan fingerprint density at radius 1 is 0.712 bits per heavy atom. The maximum atomic E-state index is 13.9. The third-order valence-corrected chi connectivity index (χ3v) is 11.0. The minimum absolute atomic E-state index is 0.102. The van der Waals surface area contributed by atoms with Crippen molar-refractivity contribution in [1.29, 1.82) is 0 Å². The van der Waals surface area contributed by atoms with Crippen molar-refractivity contribution in [2.75, 3.05) is 102 Å². The maximum absolute atomic E-state index is 13.9. The molecule has 7 rings (SSSR count). The topological polar surface area (TPSA) is 267 Å². The van der Waals surface area contributed by atoms with Crippen molar-refractivity contribution in [3.05, 3.63) is 66.5 Å². The number of aromatic nitrogens is 4. The fraction of sp³-hybridized carbons (Fsp3) is 0.361. The molecule has 2 saturated heterocycles. The standard InChI is InChI=1S/C20H23FN6O3S.C14H20N6O.C2HF3O2/c21-14-4-1-2-7-17(14)31(28,29)27-10-8-26(9-11-27)12-13-30-16-6-3-5-15-18(16)19(22)25-20(23)24-15;15-13-12-10(18-14(16)19-13)2-1-3-11(12)21-9-8-20-6-4-17-5-7-20;3-2(4,5)1(6)7/h1-7H,8-13H2,(H4,22,23,24,25);1-3,17H,4-9H2,(H4,15,16,18,19);(H,6,7). The normalized spacial score (nSPS) is 15.5. The van der Waals surface area contributed by atoms with Gasteiger partial charge in [0.1, 0.15) is 47.1 Å². The van der Waals surface area contributed by atoms with E-state index >= 15 is 0 Å². The number of alkyl halides is 3. The Balaban J connectivity index is 0.000000203. The number of hydrogen-bond acceptors (Lipinski definition) is 16. The van der Waals surface area contributed by atoms with Crippen LogP contribution in [0.15, 0.2) is 65.6 Å². The molecule has 318 valence electrons. The van der Waals surface area contributed by atoms with Crippen molar-refractivity contribution in [3.8, 4) is 11.5 Å². The van der Waals surface area contributed by atoms with Crippen LogP contribution in [-0.2, 0) is 14.8 Å². The van der Waals surface area contributed by atoms with Gasteiger partial charge in [0.2, 0.25) is 21.9 Å². The molecule has 2 fully saturated rings. The van der Waals surface area contributed by atoms with Crippen LogP contribution in [-0.4, -0.2) is 138 Å². The first-order chi connectivity index (χ1) is 28.0. The molecule has 18 nitrogen and oxygen atoms in total. The average molecular weight is 849 g/mol. The minimum Gasteiger partial charge on any atom is -0.491 e. The Bertz CT molecular complexity index is 2330. The van der Waals surface area contributed by atoms with Crippen molar-refractivity contribution in [1.82, 2.24) is 39.4 Å². The molecule has 0 amide bonds. The Kier molecular flexibility index (Phi) is 14.8. The number of aliphatic carboxylic acids is 1. The number of nitrogens with two attached hydrogens (primary N) is 4. The Morgan fingerprint density at radius 3 is 1.63 bits per heavy atom. The zero-order valence-electron chi connectivity index (χ0n) is 31.6. The number of sulfonamides is 1. The fourth-order valence-corrected chi connectivity index (χ4v) is 7.61. The highest BCUT2D eigenvalue weighted by Gasteiger charge is 2.38. The molecule has 4 heterocycles. The van der Waals surface area contributed by atoms with Gasteiger partial charge in [-0.05, 0) is 36.4 Å². The number of hydrogen-bond donors (Lipinski definition) is 6. The van der Waals surface area contributed by atoms with E-state index in [9.17, 15) is 26.0 Å². The number of fused-ring (bicyclic) bond motifs is 2. The summed E-state index contributed by atoms with van der Waals surface area (Å²) >= 11 is 0. The number of ether oxygens (including phenoxy) is 2. The fourth-order valence-electron chi connectivity index (χ4n) is 6.13. The minimum atomic E-state index is -5.08. The van der Waals surface area contributed by atoms with Gasteiger partial charge in [0.15, 0.2) is 0 Å². The molecule has 0 saturated carbocycles. The number of carboxylic acid groups (broad SMARTS) is 1. The highest BCUT2D eigenvalue weighted by Crippen LogP contribution is 2.30. The van der Waals surface area contributed by atoms with Crippen LogP contribution in [0.5, 0.6) is 11.5 Å². The monoisotopic (exact) mass is 848 g/mol. The van der Waals surface area contributed by atoms with Gasteiger partial charge in [-0.15, -0.1) is 0 Å². The summed E-state index contributed by atoms with van der Waals surface area (Å²) in [5.74, 6) is -1.33. The van der Waals surface area contributed by atoms with E-state index in [1.165, 1.54) is 22.5 Å². The van der Waals surface area contributed by atoms with E-state index in [0.29, 0.717) is 66.6 Å². The number of anilines is 4. The predicted molar refractivity (Wildman–Crippen MR) is 212 cm³/mol. The zero-order valence-corrected chi connectivity index (χ0v) is 32.4. The van der Waals surface area contributed by atoms with Gasteiger partial charge in [-0.3, -0.25) is 9.80 Å². The van der Waals surface area contributed by atoms with E-state index in [4.69, 9.17) is 42.3 Å². The van der Waals surface area contributed by atoms with E-state index in [-0.39, 0.29) is 35.7 Å². The lowest BCUT2D eigenvalue weighted by Crippen LogP contribution is -2.49. The lowest BCUT2D eigenvalue weighted by atomic mass is 10.2. The van der Waals surface area contributed by atoms with Gasteiger partial charge >= 0.3 is 12.1 Å². The molecule has 59 heavy (non-hydrogen) atoms. The average Bonchev–Trinajstić information content (AvgIpc) is 3.18. The van der Waals surface area contributed by atoms with E-state index in [1.54, 1.807) is 18.2 Å². The summed E-state index contributed by atoms with van der Waals surface area (Å²) in [6.07, 6.45) is -5.08. The van der Waals surface area contributed by atoms with E-state index in [1.807, 2.05) is 18.2 Å². The predicted octanol–water partition coefficient (Wildman–Crippen LogP) is 2.03. The van der Waals surface area contributed by atoms with Crippen molar-refractivity contribution in [2.24, 2.45) is 0 Å². The second kappa shape index (κ2) is 19.7. The number of nitrogens with one attached hydrogen (secondary N) is 1. The molecular formula is C36H44F4N12O6S. The lowest BCUT2D eigenvalue weighted by molar-refractivity contribution is -0.192. The van der Waals surface area contributed by atoms with Gasteiger partial charge in [0, 0.05) is 65.4 Å². The summed E-state index contributed by atoms with van der Waals surface area (Å²) in [4.78, 5) is 29.4. The van der Waals surface area contributed by atoms with Gasteiger partial charge < -0.3 is 42.8 Å². The van der Waals surface area contributed by atoms with Gasteiger partial charge in [-0.1, -0.05) is 24.3 Å². The number of halogens is 4. The van der Waals surface area contributed by atoms with Crippen molar-refractivity contribution >= 4 is 61.3 Å². The number of nitrogen functional groups attached to an aromatic ring is 4. The number of piperazine rings is 2. The first kappa shape index (κ1) is 44.2. The van der Waals surface area contributed by atoms with Crippen LogP contribution in [0.1, 0.15) is 0 Å². The first-order valence-electron chi connectivity index (χ1n) is 18.1. The van der Waals surface area contributed by atoms with Crippen molar-refractivity contribution in [2.45, 2.75) is 11.1 Å². The Hall–Kier alpha value is -5.88. The molecule has 0 radical (unpaired) electrons. The summed E-state index contributed by atoms with van der Waals surface area (Å²) in [5.41, 5.74) is 24.5. The van der Waals surface area contributed by atoms with E-state index in [2.05, 4.69) is 35.1 Å². The second-order valence-electron chi connectivity index (χ2n) is 13.0. The number of nitrogens with zero attached hydrogens (tertiary/aromatic N) is 7. The quantitative estimate of drug-likeness (QED) is 0.110. The van der Waals surface area contributed by atoms with E-state index < -0.39 is 28.0 Å². The molecule has 0 atom stereocenters. The molecule has 2 aliphatic rings. The van der Waals surface area contributed by atoms with Crippen molar-refractivity contribution in [3.63, 3.8) is 0 Å². The third-order valence-electron chi connectivity index (χ3n) is 9.03. The highest BCUT2D eigenvalue weighted by molar-refractivity contribution is 7.89. The van der Waals surface area contributed by atoms with Gasteiger partial charge in [-0.2, -0.15) is 27.4 Å². The van der Waals surface area contributed by atoms with Gasteiger partial charge in [0.25, 0.3) is 0 Å². The zero-order chi connectivity index (χ0) is 42.7. The molecule has 0 aliphatic carbocycles. The largest absolute Gasteiger partial charge is 0.491 e. The molecule has 3 aromatic carbocycles. The molecule has 10 N–H and O–H groups in total. The second-order valence-corrected chi connectivity index (χ2v) is 14.9. The Morgan fingerprint density at radius 2 is 1.17 bits per heavy atom. The summed E-state index contributed by atoms with van der Waals surface area (Å²) in [7, 11) is -3.85.